The van der Waals surface area contributed by atoms with Crippen molar-refractivity contribution < 1.29 is 33.4 Å². The second-order valence-electron chi connectivity index (χ2n) is 7.37. The maximum Gasteiger partial charge on any atom is 0.260 e. The Balaban J connectivity index is 2.32. The number of carbonyl (C=O) groups excluding carboxylic acids is 4. The number of nitrogens with one attached hydrogen (secondary N) is 2. The standard InChI is InChI=1S/C21H35N5O7/c1-15(12-23-10-5-9-22)32-17(14-27)16(2)33-21(31-3)13-25-24-11-4-6-18(28)26-19(29)7-8-20(26)30/h7-8,13-17,21,23-24H,4-6,9-12,22H2,1-3H3/b25-13-/t15-,16-,17+,21-/m1/s1. The highest BCUT2D eigenvalue weighted by atomic mass is 16.7. The molecule has 1 aliphatic rings. The van der Waals surface area contributed by atoms with Gasteiger partial charge in [0.25, 0.3) is 11.8 Å². The van der Waals surface area contributed by atoms with Crippen LogP contribution in [0.5, 0.6) is 0 Å². The molecule has 0 aliphatic carbocycles. The van der Waals surface area contributed by atoms with Crippen LogP contribution >= 0.6 is 0 Å². The molecule has 4 atom stereocenters. The minimum absolute atomic E-state index is 0.0144. The van der Waals surface area contributed by atoms with Crippen LogP contribution in [0.1, 0.15) is 33.1 Å². The molecule has 0 bridgehead atoms. The van der Waals surface area contributed by atoms with Crippen LogP contribution in [0.4, 0.5) is 0 Å². The number of nitrogens with zero attached hydrogens (tertiary/aromatic N) is 2. The smallest absolute Gasteiger partial charge is 0.260 e. The average molecular weight is 470 g/mol. The number of nitrogens with two attached hydrogens (primary N) is 1. The highest BCUT2D eigenvalue weighted by molar-refractivity contribution is 6.22. The quantitative estimate of drug-likeness (QED) is 0.0572. The van der Waals surface area contributed by atoms with Crippen molar-refractivity contribution in [2.24, 2.45) is 10.8 Å². The first kappa shape index (κ1) is 28.5. The van der Waals surface area contributed by atoms with Gasteiger partial charge in [0.05, 0.1) is 18.4 Å². The summed E-state index contributed by atoms with van der Waals surface area (Å²) in [5.74, 6) is -1.81. The Morgan fingerprint density at radius 2 is 1.88 bits per heavy atom. The number of aldehydes is 1. The van der Waals surface area contributed by atoms with Gasteiger partial charge in [-0.25, -0.2) is 4.90 Å². The molecule has 186 valence electrons. The van der Waals surface area contributed by atoms with E-state index in [4.69, 9.17) is 19.9 Å². The van der Waals surface area contributed by atoms with Crippen LogP contribution in [0.2, 0.25) is 0 Å². The monoisotopic (exact) mass is 469 g/mol. The zero-order valence-electron chi connectivity index (χ0n) is 19.4. The van der Waals surface area contributed by atoms with Crippen LogP contribution in [0, 0.1) is 0 Å². The van der Waals surface area contributed by atoms with E-state index >= 15 is 0 Å². The van der Waals surface area contributed by atoms with Crippen molar-refractivity contribution in [3.8, 4) is 0 Å². The summed E-state index contributed by atoms with van der Waals surface area (Å²) >= 11 is 0. The van der Waals surface area contributed by atoms with E-state index in [9.17, 15) is 19.2 Å². The van der Waals surface area contributed by atoms with E-state index in [1.165, 1.54) is 13.3 Å². The third kappa shape index (κ3) is 10.8. The molecular weight excluding hydrogens is 434 g/mol. The lowest BCUT2D eigenvalue weighted by atomic mass is 10.2. The summed E-state index contributed by atoms with van der Waals surface area (Å²) in [6.45, 7) is 5.84. The number of hydrogen-bond acceptors (Lipinski definition) is 11. The highest BCUT2D eigenvalue weighted by Gasteiger charge is 2.29. The van der Waals surface area contributed by atoms with E-state index in [0.29, 0.717) is 37.2 Å². The Kier molecular flexibility index (Phi) is 14.0. The topological polar surface area (TPSA) is 162 Å². The largest absolute Gasteiger partial charge is 0.364 e. The predicted octanol–water partition coefficient (Wildman–Crippen LogP) is -0.918. The Morgan fingerprint density at radius 3 is 2.48 bits per heavy atom. The van der Waals surface area contributed by atoms with Gasteiger partial charge in [-0.2, -0.15) is 5.10 Å². The highest BCUT2D eigenvalue weighted by Crippen LogP contribution is 2.09. The molecule has 0 unspecified atom stereocenters. The third-order valence-electron chi connectivity index (χ3n) is 4.58. The van der Waals surface area contributed by atoms with Gasteiger partial charge >= 0.3 is 0 Å². The molecule has 12 nitrogen and oxygen atoms in total. The van der Waals surface area contributed by atoms with Crippen LogP contribution in [0.15, 0.2) is 17.3 Å². The summed E-state index contributed by atoms with van der Waals surface area (Å²) < 4.78 is 16.6. The number of carbonyl (C=O) groups is 4. The maximum atomic E-state index is 11.9. The zero-order chi connectivity index (χ0) is 24.6. The van der Waals surface area contributed by atoms with Crippen molar-refractivity contribution >= 4 is 30.2 Å². The molecule has 1 rings (SSSR count). The van der Waals surface area contributed by atoms with E-state index in [1.807, 2.05) is 6.92 Å². The fourth-order valence-corrected chi connectivity index (χ4v) is 2.80. The molecule has 1 aliphatic heterocycles. The molecule has 0 saturated heterocycles. The van der Waals surface area contributed by atoms with Gasteiger partial charge < -0.3 is 35.5 Å². The number of ether oxygens (including phenoxy) is 3. The molecule has 3 amide bonds. The van der Waals surface area contributed by atoms with Gasteiger partial charge in [0.2, 0.25) is 5.91 Å². The summed E-state index contributed by atoms with van der Waals surface area (Å²) in [5, 5.41) is 7.18. The third-order valence-corrected chi connectivity index (χ3v) is 4.58. The Morgan fingerprint density at radius 1 is 1.18 bits per heavy atom. The molecule has 0 aromatic carbocycles. The summed E-state index contributed by atoms with van der Waals surface area (Å²) in [4.78, 5) is 46.9. The second-order valence-corrected chi connectivity index (χ2v) is 7.37. The normalized spacial score (nSPS) is 17.4. The fraction of sp³-hybridized carbons (Fsp3) is 0.667. The van der Waals surface area contributed by atoms with Crippen molar-refractivity contribution in [2.45, 2.75) is 57.7 Å². The number of amides is 3. The van der Waals surface area contributed by atoms with Gasteiger partial charge in [0, 0.05) is 38.8 Å². The Bertz CT molecular complexity index is 682. The SMILES string of the molecule is CO[C@@H](/C=N\NCCCC(=O)N1C(=O)C=CC1=O)O[C@H](C)[C@H](C=O)O[C@H](C)CNCCCN. The van der Waals surface area contributed by atoms with E-state index in [-0.39, 0.29) is 12.5 Å². The molecule has 0 aromatic heterocycles. The van der Waals surface area contributed by atoms with Crippen LogP contribution < -0.4 is 16.5 Å². The zero-order valence-corrected chi connectivity index (χ0v) is 19.4. The van der Waals surface area contributed by atoms with Gasteiger partial charge in [0.15, 0.2) is 12.6 Å². The molecule has 0 aromatic rings. The number of imide groups is 3. The van der Waals surface area contributed by atoms with Gasteiger partial charge in [-0.1, -0.05) is 0 Å². The molecule has 0 radical (unpaired) electrons. The van der Waals surface area contributed by atoms with E-state index in [0.717, 1.165) is 25.1 Å². The number of methoxy groups -OCH3 is 1. The number of hydrazone groups is 1. The second kappa shape index (κ2) is 16.2. The van der Waals surface area contributed by atoms with Crippen molar-refractivity contribution in [3.63, 3.8) is 0 Å². The first-order valence-electron chi connectivity index (χ1n) is 10.9. The van der Waals surface area contributed by atoms with Crippen LogP contribution in [-0.2, 0) is 33.4 Å². The van der Waals surface area contributed by atoms with E-state index in [1.54, 1.807) is 6.92 Å². The van der Waals surface area contributed by atoms with Crippen LogP contribution in [0.3, 0.4) is 0 Å². The number of rotatable bonds is 18. The van der Waals surface area contributed by atoms with Gasteiger partial charge in [-0.05, 0) is 39.8 Å². The summed E-state index contributed by atoms with van der Waals surface area (Å²) in [6, 6.07) is 0. The molecule has 1 heterocycles. The Hall–Kier alpha value is -2.51. The summed E-state index contributed by atoms with van der Waals surface area (Å²) in [6.07, 6.45) is 3.01. The van der Waals surface area contributed by atoms with Crippen molar-refractivity contribution in [3.05, 3.63) is 12.2 Å². The minimum atomic E-state index is -0.830. The lowest BCUT2D eigenvalue weighted by molar-refractivity contribution is -0.161. The molecule has 33 heavy (non-hydrogen) atoms. The first-order chi connectivity index (χ1) is 15.8. The van der Waals surface area contributed by atoms with Crippen LogP contribution in [0.25, 0.3) is 0 Å². The van der Waals surface area contributed by atoms with Crippen molar-refractivity contribution in [1.82, 2.24) is 15.6 Å². The summed E-state index contributed by atoms with van der Waals surface area (Å²) in [5.41, 5.74) is 8.19. The maximum absolute atomic E-state index is 11.9. The number of hydrogen-bond donors (Lipinski definition) is 3. The predicted molar refractivity (Wildman–Crippen MR) is 120 cm³/mol. The minimum Gasteiger partial charge on any atom is -0.364 e. The van der Waals surface area contributed by atoms with Crippen molar-refractivity contribution in [2.75, 3.05) is 33.3 Å². The summed E-state index contributed by atoms with van der Waals surface area (Å²) in [7, 11) is 1.43. The molecular formula is C21H35N5O7. The average Bonchev–Trinajstić information content (AvgIpc) is 3.14. The fourth-order valence-electron chi connectivity index (χ4n) is 2.80. The lowest BCUT2D eigenvalue weighted by Crippen LogP contribution is -2.39. The molecule has 0 spiro atoms. The lowest BCUT2D eigenvalue weighted by Gasteiger charge is -2.25. The van der Waals surface area contributed by atoms with E-state index < -0.39 is 36.2 Å². The molecule has 4 N–H and O–H groups in total. The molecule has 0 fully saturated rings. The van der Waals surface area contributed by atoms with E-state index in [2.05, 4.69) is 15.8 Å². The molecule has 12 heteroatoms. The van der Waals surface area contributed by atoms with Crippen LogP contribution in [-0.4, -0.2) is 93.0 Å². The molecule has 0 saturated carbocycles. The Labute approximate surface area is 193 Å². The van der Waals surface area contributed by atoms with Gasteiger partial charge in [0.1, 0.15) is 6.10 Å². The van der Waals surface area contributed by atoms with Gasteiger partial charge in [-0.3, -0.25) is 14.4 Å². The van der Waals surface area contributed by atoms with Gasteiger partial charge in [-0.15, -0.1) is 0 Å². The van der Waals surface area contributed by atoms with Crippen molar-refractivity contribution in [1.29, 1.82) is 0 Å². The first-order valence-corrected chi connectivity index (χ1v) is 10.9.